The van der Waals surface area contributed by atoms with Crippen molar-refractivity contribution in [1.29, 1.82) is 0 Å². The second-order valence-corrected chi connectivity index (χ2v) is 18.1. The number of hydrogen-bond acceptors (Lipinski definition) is 5. The van der Waals surface area contributed by atoms with Crippen LogP contribution in [0, 0.1) is 0 Å². The smallest absolute Gasteiger partial charge is 0.227 e. The molecule has 5 heteroatoms. The Kier molecular flexibility index (Phi) is 7.32. The van der Waals surface area contributed by atoms with Gasteiger partial charge in [-0.2, -0.15) is 0 Å². The van der Waals surface area contributed by atoms with Gasteiger partial charge in [0.25, 0.3) is 0 Å². The highest BCUT2D eigenvalue weighted by Crippen LogP contribution is 2.62. The zero-order valence-electron chi connectivity index (χ0n) is 35.6. The van der Waals surface area contributed by atoms with Gasteiger partial charge in [-0.15, -0.1) is 0 Å². The van der Waals surface area contributed by atoms with E-state index in [4.69, 9.17) is 23.5 Å². The van der Waals surface area contributed by atoms with Crippen LogP contribution in [0.5, 0.6) is 11.5 Å². The molecule has 3 aliphatic rings. The first kappa shape index (κ1) is 36.2. The molecular formula is C60H38N2O3. The van der Waals surface area contributed by atoms with Crippen molar-refractivity contribution in [2.75, 3.05) is 0 Å². The lowest BCUT2D eigenvalue weighted by Crippen LogP contribution is -2.32. The van der Waals surface area contributed by atoms with Crippen molar-refractivity contribution in [3.8, 4) is 78.9 Å². The van der Waals surface area contributed by atoms with Gasteiger partial charge < -0.3 is 13.6 Å². The van der Waals surface area contributed by atoms with E-state index in [1.165, 1.54) is 66.8 Å². The predicted octanol–water partition coefficient (Wildman–Crippen LogP) is 15.4. The van der Waals surface area contributed by atoms with Crippen LogP contribution in [0.25, 0.3) is 89.6 Å². The number of oxazole rings is 2. The first-order valence-electron chi connectivity index (χ1n) is 22.2. The fourth-order valence-electron chi connectivity index (χ4n) is 11.2. The molecule has 2 aromatic heterocycles. The molecule has 2 aliphatic carbocycles. The minimum atomic E-state index is -0.531. The van der Waals surface area contributed by atoms with Crippen LogP contribution in [0.2, 0.25) is 0 Å². The molecule has 306 valence electrons. The molecule has 11 aromatic rings. The topological polar surface area (TPSA) is 61.3 Å². The third kappa shape index (κ3) is 5.09. The number of aromatic nitrogens is 2. The summed E-state index contributed by atoms with van der Waals surface area (Å²) in [6, 6.07) is 69.2. The lowest BCUT2D eigenvalue weighted by Gasteiger charge is -2.39. The van der Waals surface area contributed by atoms with Gasteiger partial charge in [-0.25, -0.2) is 9.97 Å². The summed E-state index contributed by atoms with van der Waals surface area (Å²) in [5.41, 5.74) is 21.1. The van der Waals surface area contributed by atoms with Crippen LogP contribution in [0.3, 0.4) is 0 Å². The number of rotatable bonds is 4. The van der Waals surface area contributed by atoms with E-state index >= 15 is 0 Å². The Bertz CT molecular complexity index is 3610. The molecule has 9 aromatic carbocycles. The monoisotopic (exact) mass is 834 g/mol. The molecule has 0 bridgehead atoms. The van der Waals surface area contributed by atoms with Crippen molar-refractivity contribution in [2.45, 2.75) is 24.7 Å². The second-order valence-electron chi connectivity index (χ2n) is 18.1. The van der Waals surface area contributed by atoms with Gasteiger partial charge in [0.15, 0.2) is 11.2 Å². The number of fused-ring (bicyclic) bond motifs is 14. The van der Waals surface area contributed by atoms with E-state index in [0.717, 1.165) is 56.0 Å². The molecule has 5 nitrogen and oxygen atoms in total. The number of ether oxygens (including phenoxy) is 1. The van der Waals surface area contributed by atoms with Crippen LogP contribution in [-0.4, -0.2) is 9.97 Å². The third-order valence-corrected chi connectivity index (χ3v) is 14.2. The molecule has 65 heavy (non-hydrogen) atoms. The van der Waals surface area contributed by atoms with Crippen molar-refractivity contribution in [3.05, 3.63) is 228 Å². The number of para-hydroxylation sites is 6. The van der Waals surface area contributed by atoms with E-state index in [2.05, 4.69) is 159 Å². The van der Waals surface area contributed by atoms with Gasteiger partial charge in [0, 0.05) is 27.7 Å². The molecule has 0 saturated carbocycles. The molecule has 0 N–H and O–H groups in total. The number of nitrogens with zero attached hydrogens (tertiary/aromatic N) is 2. The molecule has 0 fully saturated rings. The molecule has 3 heterocycles. The van der Waals surface area contributed by atoms with Gasteiger partial charge >= 0.3 is 0 Å². The van der Waals surface area contributed by atoms with Crippen LogP contribution < -0.4 is 4.74 Å². The maximum absolute atomic E-state index is 6.62. The Morgan fingerprint density at radius 3 is 1.40 bits per heavy atom. The molecule has 1 spiro atoms. The molecule has 0 amide bonds. The minimum absolute atomic E-state index is 0.190. The number of benzene rings is 9. The Hall–Kier alpha value is -8.28. The summed E-state index contributed by atoms with van der Waals surface area (Å²) in [5, 5.41) is 0. The van der Waals surface area contributed by atoms with E-state index < -0.39 is 5.41 Å². The van der Waals surface area contributed by atoms with Gasteiger partial charge in [-0.3, -0.25) is 0 Å². The SMILES string of the molecule is CC1(C)c2ccc(-c3cc(-c4nc5ccccc5o4)cc(-c4nc5ccccc5o4)c3)cc2-c2cc(-c3ccc4c(c3)C3(c5ccccc5Oc5ccccc53)c3ccccc3-4)ccc21. The van der Waals surface area contributed by atoms with Gasteiger partial charge in [0.1, 0.15) is 22.5 Å². The van der Waals surface area contributed by atoms with Gasteiger partial charge in [0.05, 0.1) is 5.41 Å². The summed E-state index contributed by atoms with van der Waals surface area (Å²) in [6.45, 7) is 4.68. The van der Waals surface area contributed by atoms with Gasteiger partial charge in [-0.05, 0) is 140 Å². The normalized spacial score (nSPS) is 14.4. The Labute approximate surface area is 375 Å². The largest absolute Gasteiger partial charge is 0.457 e. The second kappa shape index (κ2) is 13.1. The average Bonchev–Trinajstić information content (AvgIpc) is 4.11. The Morgan fingerprint density at radius 1 is 0.338 bits per heavy atom. The zero-order chi connectivity index (χ0) is 43.0. The summed E-state index contributed by atoms with van der Waals surface area (Å²) >= 11 is 0. The Morgan fingerprint density at radius 2 is 0.800 bits per heavy atom. The minimum Gasteiger partial charge on any atom is -0.457 e. The van der Waals surface area contributed by atoms with Crippen molar-refractivity contribution >= 4 is 22.2 Å². The van der Waals surface area contributed by atoms with Crippen molar-refractivity contribution in [1.82, 2.24) is 9.97 Å². The van der Waals surface area contributed by atoms with Crippen LogP contribution in [-0.2, 0) is 10.8 Å². The molecule has 0 saturated heterocycles. The van der Waals surface area contributed by atoms with Gasteiger partial charge in [-0.1, -0.05) is 135 Å². The van der Waals surface area contributed by atoms with Crippen LogP contribution in [0.4, 0.5) is 0 Å². The van der Waals surface area contributed by atoms with E-state index in [1.54, 1.807) is 0 Å². The van der Waals surface area contributed by atoms with Crippen LogP contribution in [0.1, 0.15) is 47.2 Å². The molecular weight excluding hydrogens is 797 g/mol. The first-order valence-corrected chi connectivity index (χ1v) is 22.2. The lowest BCUT2D eigenvalue weighted by atomic mass is 9.66. The Balaban J connectivity index is 0.926. The average molecular weight is 835 g/mol. The summed E-state index contributed by atoms with van der Waals surface area (Å²) in [5.74, 6) is 2.89. The maximum atomic E-state index is 6.62. The molecule has 0 unspecified atom stereocenters. The van der Waals surface area contributed by atoms with Crippen molar-refractivity contribution in [2.24, 2.45) is 0 Å². The molecule has 1 aliphatic heterocycles. The zero-order valence-corrected chi connectivity index (χ0v) is 35.6. The standard InChI is InChI=1S/C60H38N2O3/c1-59(2)45-27-24-35(37-23-26-42-41-13-3-4-14-47(41)60(50(42)34-37)48-15-5-9-19-53(48)63-54-20-10-6-16-49(54)60)32-43(45)44-33-36(25-28-46(44)59)38-29-39(57-61-51-17-7-11-21-55(51)64-57)31-40(30-38)58-62-52-18-8-12-22-56(52)65-58/h3-34H,1-2H3. The predicted molar refractivity (Wildman–Crippen MR) is 258 cm³/mol. The van der Waals surface area contributed by atoms with Crippen molar-refractivity contribution < 1.29 is 13.6 Å². The van der Waals surface area contributed by atoms with Crippen LogP contribution >= 0.6 is 0 Å². The molecule has 14 rings (SSSR count). The van der Waals surface area contributed by atoms with Crippen molar-refractivity contribution in [3.63, 3.8) is 0 Å². The highest BCUT2D eigenvalue weighted by molar-refractivity contribution is 5.93. The van der Waals surface area contributed by atoms with E-state index in [9.17, 15) is 0 Å². The van der Waals surface area contributed by atoms with E-state index in [-0.39, 0.29) is 5.41 Å². The quantitative estimate of drug-likeness (QED) is 0.177. The maximum Gasteiger partial charge on any atom is 0.227 e. The fraction of sp³-hybridized carbons (Fsp3) is 0.0667. The summed E-state index contributed by atoms with van der Waals surface area (Å²) in [4.78, 5) is 9.80. The molecule has 0 atom stereocenters. The lowest BCUT2D eigenvalue weighted by molar-refractivity contribution is 0.436. The van der Waals surface area contributed by atoms with E-state index in [0.29, 0.717) is 11.8 Å². The van der Waals surface area contributed by atoms with Gasteiger partial charge in [0.2, 0.25) is 11.8 Å². The summed E-state index contributed by atoms with van der Waals surface area (Å²) in [7, 11) is 0. The molecule has 0 radical (unpaired) electrons. The first-order chi connectivity index (χ1) is 31.9. The third-order valence-electron chi connectivity index (χ3n) is 14.2. The summed E-state index contributed by atoms with van der Waals surface area (Å²) < 4.78 is 19.3. The van der Waals surface area contributed by atoms with E-state index in [1.807, 2.05) is 48.5 Å². The summed E-state index contributed by atoms with van der Waals surface area (Å²) in [6.07, 6.45) is 0. The number of hydrogen-bond donors (Lipinski definition) is 0. The fourth-order valence-corrected chi connectivity index (χ4v) is 11.2. The highest BCUT2D eigenvalue weighted by atomic mass is 16.5. The van der Waals surface area contributed by atoms with Crippen LogP contribution in [0.15, 0.2) is 203 Å². The highest BCUT2D eigenvalue weighted by Gasteiger charge is 2.51.